The van der Waals surface area contributed by atoms with Crippen molar-refractivity contribution in [1.82, 2.24) is 0 Å². The van der Waals surface area contributed by atoms with Crippen molar-refractivity contribution in [2.45, 2.75) is 39.8 Å². The normalized spacial score (nSPS) is 30.1. The number of hydrogen-bond donors (Lipinski definition) is 0. The van der Waals surface area contributed by atoms with Gasteiger partial charge in [-0.05, 0) is 11.8 Å². The molecule has 0 aliphatic carbocycles. The molecule has 16 heavy (non-hydrogen) atoms. The van der Waals surface area contributed by atoms with Gasteiger partial charge in [0.05, 0.1) is 12.1 Å². The summed E-state index contributed by atoms with van der Waals surface area (Å²) < 4.78 is 0. The molecule has 0 saturated carbocycles. The van der Waals surface area contributed by atoms with Gasteiger partial charge >= 0.3 is 0 Å². The first-order valence-electron chi connectivity index (χ1n) is 5.99. The van der Waals surface area contributed by atoms with Crippen LogP contribution in [0.25, 0.3) is 0 Å². The lowest BCUT2D eigenvalue weighted by molar-refractivity contribution is 0.542. The molecule has 2 heterocycles. The number of thioether (sulfide) groups is 2. The zero-order valence-electron chi connectivity index (χ0n) is 10.4. The van der Waals surface area contributed by atoms with E-state index >= 15 is 0 Å². The van der Waals surface area contributed by atoms with Crippen LogP contribution in [-0.2, 0) is 0 Å². The van der Waals surface area contributed by atoms with Crippen molar-refractivity contribution >= 4 is 33.6 Å². The molecule has 2 aliphatic rings. The molecule has 0 aromatic rings. The van der Waals surface area contributed by atoms with Gasteiger partial charge in [0.1, 0.15) is 10.1 Å². The minimum Gasteiger partial charge on any atom is -0.271 e. The van der Waals surface area contributed by atoms with Crippen LogP contribution in [0, 0.1) is 11.8 Å². The summed E-state index contributed by atoms with van der Waals surface area (Å²) in [5.74, 6) is 3.58. The van der Waals surface area contributed by atoms with Gasteiger partial charge in [0.2, 0.25) is 0 Å². The molecule has 0 radical (unpaired) electrons. The molecule has 4 heteroatoms. The molecule has 0 bridgehead atoms. The van der Waals surface area contributed by atoms with E-state index in [0.29, 0.717) is 23.9 Å². The van der Waals surface area contributed by atoms with E-state index in [4.69, 9.17) is 9.98 Å². The van der Waals surface area contributed by atoms with Crippen molar-refractivity contribution in [3.63, 3.8) is 0 Å². The Morgan fingerprint density at radius 3 is 1.50 bits per heavy atom. The van der Waals surface area contributed by atoms with Crippen molar-refractivity contribution in [1.29, 1.82) is 0 Å². The summed E-state index contributed by atoms with van der Waals surface area (Å²) in [6.45, 7) is 8.99. The Bertz CT molecular complexity index is 289. The van der Waals surface area contributed by atoms with Crippen LogP contribution in [-0.4, -0.2) is 33.7 Å². The highest BCUT2D eigenvalue weighted by molar-refractivity contribution is 8.25. The highest BCUT2D eigenvalue weighted by Gasteiger charge is 2.29. The Hall–Kier alpha value is 0.0400. The largest absolute Gasteiger partial charge is 0.271 e. The second-order valence-electron chi connectivity index (χ2n) is 5.11. The summed E-state index contributed by atoms with van der Waals surface area (Å²) in [5, 5.41) is 2.40. The summed E-state index contributed by atoms with van der Waals surface area (Å²) in [7, 11) is 0. The first-order valence-corrected chi connectivity index (χ1v) is 7.96. The van der Waals surface area contributed by atoms with Crippen molar-refractivity contribution in [2.24, 2.45) is 21.8 Å². The fourth-order valence-corrected chi connectivity index (χ4v) is 4.40. The first-order chi connectivity index (χ1) is 7.58. The van der Waals surface area contributed by atoms with Crippen LogP contribution >= 0.6 is 23.5 Å². The fraction of sp³-hybridized carbons (Fsp3) is 0.833. The third-order valence-electron chi connectivity index (χ3n) is 3.07. The van der Waals surface area contributed by atoms with Crippen LogP contribution in [0.2, 0.25) is 0 Å². The number of aliphatic imine (C=N–C) groups is 2. The van der Waals surface area contributed by atoms with Crippen molar-refractivity contribution in [3.05, 3.63) is 0 Å². The average molecular weight is 256 g/mol. The molecule has 0 aromatic carbocycles. The molecule has 2 aliphatic heterocycles. The smallest absolute Gasteiger partial charge is 0.123 e. The second kappa shape index (κ2) is 5.13. The molecule has 2 atom stereocenters. The summed E-state index contributed by atoms with van der Waals surface area (Å²) >= 11 is 3.78. The maximum absolute atomic E-state index is 4.79. The highest BCUT2D eigenvalue weighted by atomic mass is 32.2. The van der Waals surface area contributed by atoms with Crippen molar-refractivity contribution in [2.75, 3.05) is 11.5 Å². The maximum Gasteiger partial charge on any atom is 0.123 e. The van der Waals surface area contributed by atoms with Crippen LogP contribution in [0.5, 0.6) is 0 Å². The van der Waals surface area contributed by atoms with Crippen LogP contribution in [0.1, 0.15) is 27.7 Å². The maximum atomic E-state index is 4.79. The third-order valence-corrected chi connectivity index (χ3v) is 5.36. The standard InChI is InChI=1S/C12H20N2S2/c1-7(2)9-5-15-11(13-9)12-14-10(6-16-12)8(3)4/h7-10H,5-6H2,1-4H3/t9-,10-/m1/s1. The van der Waals surface area contributed by atoms with Crippen LogP contribution in [0.4, 0.5) is 0 Å². The highest BCUT2D eigenvalue weighted by Crippen LogP contribution is 2.31. The number of rotatable bonds is 3. The zero-order valence-corrected chi connectivity index (χ0v) is 12.1. The average Bonchev–Trinajstić information content (AvgIpc) is 2.86. The van der Waals surface area contributed by atoms with E-state index in [2.05, 4.69) is 27.7 Å². The quantitative estimate of drug-likeness (QED) is 0.774. The van der Waals surface area contributed by atoms with Crippen LogP contribution in [0.3, 0.4) is 0 Å². The monoisotopic (exact) mass is 256 g/mol. The van der Waals surface area contributed by atoms with Crippen LogP contribution < -0.4 is 0 Å². The van der Waals surface area contributed by atoms with E-state index in [1.165, 1.54) is 10.1 Å². The van der Waals surface area contributed by atoms with E-state index in [1.807, 2.05) is 23.5 Å². The topological polar surface area (TPSA) is 24.7 Å². The summed E-state index contributed by atoms with van der Waals surface area (Å²) in [6, 6.07) is 1.00. The SMILES string of the molecule is CC(C)[C@H]1CSC(C2=N[C@@H](C(C)C)CS2)=N1. The van der Waals surface area contributed by atoms with Gasteiger partial charge in [-0.25, -0.2) is 0 Å². The van der Waals surface area contributed by atoms with Crippen molar-refractivity contribution < 1.29 is 0 Å². The Balaban J connectivity index is 2.05. The summed E-state index contributed by atoms with van der Waals surface area (Å²) in [4.78, 5) is 9.58. The lowest BCUT2D eigenvalue weighted by Gasteiger charge is -2.08. The molecule has 0 N–H and O–H groups in total. The lowest BCUT2D eigenvalue weighted by Crippen LogP contribution is -2.12. The zero-order chi connectivity index (χ0) is 11.7. The van der Waals surface area contributed by atoms with E-state index in [-0.39, 0.29) is 0 Å². The summed E-state index contributed by atoms with van der Waals surface area (Å²) in [5.41, 5.74) is 0. The molecule has 90 valence electrons. The lowest BCUT2D eigenvalue weighted by atomic mass is 10.1. The van der Waals surface area contributed by atoms with Gasteiger partial charge in [-0.3, -0.25) is 9.98 Å². The van der Waals surface area contributed by atoms with Gasteiger partial charge in [-0.15, -0.1) is 23.5 Å². The van der Waals surface area contributed by atoms with Gasteiger partial charge in [-0.1, -0.05) is 27.7 Å². The van der Waals surface area contributed by atoms with E-state index in [0.717, 1.165) is 11.5 Å². The number of hydrogen-bond acceptors (Lipinski definition) is 4. The minimum atomic E-state index is 0.501. The molecule has 0 unspecified atom stereocenters. The Kier molecular flexibility index (Phi) is 4.01. The van der Waals surface area contributed by atoms with E-state index in [9.17, 15) is 0 Å². The number of nitrogens with zero attached hydrogens (tertiary/aromatic N) is 2. The van der Waals surface area contributed by atoms with Crippen LogP contribution in [0.15, 0.2) is 9.98 Å². The van der Waals surface area contributed by atoms with Gasteiger partial charge in [0.25, 0.3) is 0 Å². The molecule has 2 rings (SSSR count). The van der Waals surface area contributed by atoms with E-state index < -0.39 is 0 Å². The first kappa shape index (κ1) is 12.5. The molecule has 0 spiro atoms. The Labute approximate surface area is 107 Å². The van der Waals surface area contributed by atoms with Gasteiger partial charge in [0, 0.05) is 11.5 Å². The third kappa shape index (κ3) is 2.65. The molecule has 0 amide bonds. The summed E-state index contributed by atoms with van der Waals surface area (Å²) in [6.07, 6.45) is 0. The molecular weight excluding hydrogens is 236 g/mol. The van der Waals surface area contributed by atoms with Crippen molar-refractivity contribution in [3.8, 4) is 0 Å². The van der Waals surface area contributed by atoms with E-state index in [1.54, 1.807) is 0 Å². The predicted molar refractivity (Wildman–Crippen MR) is 77.0 cm³/mol. The molecule has 0 fully saturated rings. The second-order valence-corrected chi connectivity index (χ2v) is 7.13. The predicted octanol–water partition coefficient (Wildman–Crippen LogP) is 3.33. The Morgan fingerprint density at radius 2 is 1.25 bits per heavy atom. The van der Waals surface area contributed by atoms with Gasteiger partial charge in [0.15, 0.2) is 0 Å². The molecule has 0 saturated heterocycles. The van der Waals surface area contributed by atoms with Gasteiger partial charge in [-0.2, -0.15) is 0 Å². The molecule has 0 aromatic heterocycles. The Morgan fingerprint density at radius 1 is 0.875 bits per heavy atom. The molecular formula is C12H20N2S2. The minimum absolute atomic E-state index is 0.501. The fourth-order valence-electron chi connectivity index (χ4n) is 1.70. The molecule has 2 nitrogen and oxygen atoms in total. The van der Waals surface area contributed by atoms with Gasteiger partial charge < -0.3 is 0 Å².